The van der Waals surface area contributed by atoms with Crippen molar-refractivity contribution in [1.29, 1.82) is 5.26 Å². The fourth-order valence-electron chi connectivity index (χ4n) is 4.22. The zero-order valence-electron chi connectivity index (χ0n) is 17.9. The topological polar surface area (TPSA) is 104 Å². The number of aromatic nitrogens is 3. The highest BCUT2D eigenvalue weighted by Gasteiger charge is 2.25. The number of aryl methyl sites for hydroxylation is 1. The van der Waals surface area contributed by atoms with Crippen LogP contribution in [0.2, 0.25) is 0 Å². The summed E-state index contributed by atoms with van der Waals surface area (Å²) in [6, 6.07) is 19.7. The fraction of sp³-hybridized carbons (Fsp3) is 0.240. The Labute approximate surface area is 186 Å². The Kier molecular flexibility index (Phi) is 5.21. The van der Waals surface area contributed by atoms with Crippen molar-refractivity contribution in [2.45, 2.75) is 25.8 Å². The number of rotatable bonds is 4. The minimum atomic E-state index is 0.109. The van der Waals surface area contributed by atoms with Crippen molar-refractivity contribution >= 4 is 16.9 Å². The number of nitrogens with two attached hydrogens (primary N) is 1. The summed E-state index contributed by atoms with van der Waals surface area (Å²) in [5.41, 5.74) is 9.60. The lowest BCUT2D eigenvalue weighted by Gasteiger charge is -2.32. The monoisotopic (exact) mass is 424 g/mol. The van der Waals surface area contributed by atoms with Crippen molar-refractivity contribution in [3.8, 4) is 28.8 Å². The van der Waals surface area contributed by atoms with Crippen LogP contribution in [0.15, 0.2) is 54.6 Å². The normalized spacial score (nSPS) is 16.2. The molecule has 1 aliphatic heterocycles. The summed E-state index contributed by atoms with van der Waals surface area (Å²) in [7, 11) is 0. The van der Waals surface area contributed by atoms with E-state index in [1.165, 1.54) is 0 Å². The summed E-state index contributed by atoms with van der Waals surface area (Å²) >= 11 is 0. The van der Waals surface area contributed by atoms with E-state index < -0.39 is 0 Å². The molecule has 1 atom stereocenters. The molecule has 160 valence electrons. The van der Waals surface area contributed by atoms with Crippen LogP contribution in [0.25, 0.3) is 22.3 Å². The first-order valence-corrected chi connectivity index (χ1v) is 10.8. The number of fused-ring (bicyclic) bond motifs is 1. The number of anilines is 1. The van der Waals surface area contributed by atoms with Crippen LogP contribution >= 0.6 is 0 Å². The van der Waals surface area contributed by atoms with Crippen LogP contribution in [0, 0.1) is 18.3 Å². The third-order valence-corrected chi connectivity index (χ3v) is 5.71. The number of hydrogen-bond donors (Lipinski definition) is 2. The quantitative estimate of drug-likeness (QED) is 0.499. The Morgan fingerprint density at radius 3 is 2.56 bits per heavy atom. The molecule has 0 spiro atoms. The van der Waals surface area contributed by atoms with Crippen molar-refractivity contribution in [3.63, 3.8) is 0 Å². The van der Waals surface area contributed by atoms with Crippen molar-refractivity contribution in [1.82, 2.24) is 15.0 Å². The maximum atomic E-state index is 9.98. The van der Waals surface area contributed by atoms with E-state index in [1.807, 2.05) is 61.5 Å². The predicted octanol–water partition coefficient (Wildman–Crippen LogP) is 4.52. The maximum Gasteiger partial charge on any atom is 0.155 e. The van der Waals surface area contributed by atoms with E-state index in [9.17, 15) is 5.26 Å². The Bertz CT molecular complexity index is 1290. The molecule has 4 aromatic rings. The smallest absolute Gasteiger partial charge is 0.155 e. The summed E-state index contributed by atoms with van der Waals surface area (Å²) in [6.45, 7) is 3.50. The predicted molar refractivity (Wildman–Crippen MR) is 125 cm³/mol. The third kappa shape index (κ3) is 3.77. The Morgan fingerprint density at radius 1 is 1.09 bits per heavy atom. The van der Waals surface area contributed by atoms with E-state index in [-0.39, 0.29) is 6.04 Å². The summed E-state index contributed by atoms with van der Waals surface area (Å²) in [6.07, 6.45) is 2.02. The van der Waals surface area contributed by atoms with E-state index in [0.717, 1.165) is 60.2 Å². The lowest BCUT2D eigenvalue weighted by Crippen LogP contribution is -2.43. The summed E-state index contributed by atoms with van der Waals surface area (Å²) < 4.78 is 5.91. The number of hydrogen-bond acceptors (Lipinski definition) is 6. The van der Waals surface area contributed by atoms with Gasteiger partial charge in [-0.3, -0.25) is 0 Å². The van der Waals surface area contributed by atoms with Gasteiger partial charge in [-0.1, -0.05) is 18.2 Å². The van der Waals surface area contributed by atoms with Gasteiger partial charge >= 0.3 is 0 Å². The van der Waals surface area contributed by atoms with Crippen molar-refractivity contribution in [2.24, 2.45) is 5.73 Å². The second kappa shape index (κ2) is 8.33. The third-order valence-electron chi connectivity index (χ3n) is 5.71. The van der Waals surface area contributed by atoms with E-state index in [2.05, 4.69) is 20.9 Å². The van der Waals surface area contributed by atoms with E-state index in [4.69, 9.17) is 15.5 Å². The first-order valence-electron chi connectivity index (χ1n) is 10.8. The van der Waals surface area contributed by atoms with Gasteiger partial charge in [-0.05, 0) is 56.2 Å². The molecule has 3 N–H and O–H groups in total. The number of nitriles is 1. The number of nitrogens with one attached hydrogen (secondary N) is 1. The highest BCUT2D eigenvalue weighted by Crippen LogP contribution is 2.35. The minimum absolute atomic E-state index is 0.109. The molecule has 5 rings (SSSR count). The van der Waals surface area contributed by atoms with E-state index in [0.29, 0.717) is 16.8 Å². The Hall–Kier alpha value is -3.89. The molecule has 1 saturated heterocycles. The van der Waals surface area contributed by atoms with Crippen LogP contribution in [0.5, 0.6) is 11.5 Å². The van der Waals surface area contributed by atoms with Gasteiger partial charge < -0.3 is 20.4 Å². The molecule has 0 unspecified atom stereocenters. The second-order valence-corrected chi connectivity index (χ2v) is 8.10. The van der Waals surface area contributed by atoms with Gasteiger partial charge in [0.15, 0.2) is 5.82 Å². The van der Waals surface area contributed by atoms with Crippen LogP contribution < -0.4 is 15.4 Å². The summed E-state index contributed by atoms with van der Waals surface area (Å²) in [4.78, 5) is 15.1. The molecular weight excluding hydrogens is 400 g/mol. The van der Waals surface area contributed by atoms with Gasteiger partial charge in [0, 0.05) is 24.7 Å². The van der Waals surface area contributed by atoms with Crippen LogP contribution in [-0.2, 0) is 0 Å². The van der Waals surface area contributed by atoms with Crippen LogP contribution in [-0.4, -0.2) is 34.1 Å². The molecule has 0 amide bonds. The fourth-order valence-corrected chi connectivity index (χ4v) is 4.22. The number of H-pyrrole nitrogens is 1. The SMILES string of the molecule is Cc1nc2c(C#N)c(-c3ccc(Oc4ccccc4)cc3)nc(N3CCC[C@H](N)C3)c2[nH]1. The average Bonchev–Trinajstić information content (AvgIpc) is 3.20. The van der Waals surface area contributed by atoms with Crippen LogP contribution in [0.4, 0.5) is 5.82 Å². The largest absolute Gasteiger partial charge is 0.457 e. The highest BCUT2D eigenvalue weighted by molar-refractivity contribution is 5.95. The van der Waals surface area contributed by atoms with Gasteiger partial charge in [-0.15, -0.1) is 0 Å². The molecule has 2 aromatic heterocycles. The standard InChI is InChI=1S/C25H24N6O/c1-16-28-23-21(14-26)22(30-25(24(23)29-16)31-13-5-6-18(27)15-31)17-9-11-20(12-10-17)32-19-7-3-2-4-8-19/h2-4,7-12,18H,5-6,13,15,27H2,1H3,(H,28,29)/t18-/m0/s1. The number of para-hydroxylation sites is 1. The van der Waals surface area contributed by atoms with Gasteiger partial charge in [0.1, 0.15) is 40.0 Å². The number of pyridine rings is 1. The number of benzene rings is 2. The Morgan fingerprint density at radius 2 is 1.84 bits per heavy atom. The van der Waals surface area contributed by atoms with Gasteiger partial charge in [0.2, 0.25) is 0 Å². The number of aromatic amines is 1. The number of ether oxygens (including phenoxy) is 1. The lowest BCUT2D eigenvalue weighted by atomic mass is 10.0. The van der Waals surface area contributed by atoms with Gasteiger partial charge in [-0.25, -0.2) is 9.97 Å². The van der Waals surface area contributed by atoms with Crippen molar-refractivity contribution < 1.29 is 4.74 Å². The molecule has 32 heavy (non-hydrogen) atoms. The van der Waals surface area contributed by atoms with E-state index in [1.54, 1.807) is 0 Å². The molecule has 7 nitrogen and oxygen atoms in total. The minimum Gasteiger partial charge on any atom is -0.457 e. The van der Waals surface area contributed by atoms with Gasteiger partial charge in [0.05, 0.1) is 5.69 Å². The Balaban J connectivity index is 1.58. The molecule has 0 bridgehead atoms. The van der Waals surface area contributed by atoms with Gasteiger partial charge in [0.25, 0.3) is 0 Å². The average molecular weight is 425 g/mol. The molecule has 2 aromatic carbocycles. The molecule has 1 aliphatic rings. The molecular formula is C25H24N6O. The summed E-state index contributed by atoms with van der Waals surface area (Å²) in [5, 5.41) is 9.98. The molecule has 0 saturated carbocycles. The molecule has 0 aliphatic carbocycles. The molecule has 0 radical (unpaired) electrons. The molecule has 1 fully saturated rings. The molecule has 3 heterocycles. The number of nitrogens with zero attached hydrogens (tertiary/aromatic N) is 4. The number of imidazole rings is 1. The summed E-state index contributed by atoms with van der Waals surface area (Å²) in [5.74, 6) is 3.05. The second-order valence-electron chi connectivity index (χ2n) is 8.10. The van der Waals surface area contributed by atoms with Crippen LogP contribution in [0.1, 0.15) is 24.2 Å². The van der Waals surface area contributed by atoms with Crippen LogP contribution in [0.3, 0.4) is 0 Å². The maximum absolute atomic E-state index is 9.98. The zero-order valence-corrected chi connectivity index (χ0v) is 17.9. The lowest BCUT2D eigenvalue weighted by molar-refractivity contribution is 0.483. The van der Waals surface area contributed by atoms with Crippen molar-refractivity contribution in [3.05, 3.63) is 66.0 Å². The number of piperidine rings is 1. The highest BCUT2D eigenvalue weighted by atomic mass is 16.5. The van der Waals surface area contributed by atoms with Crippen molar-refractivity contribution in [2.75, 3.05) is 18.0 Å². The molecule has 7 heteroatoms. The first kappa shape index (κ1) is 20.0. The van der Waals surface area contributed by atoms with Gasteiger partial charge in [-0.2, -0.15) is 5.26 Å². The first-order chi connectivity index (χ1) is 15.6. The zero-order chi connectivity index (χ0) is 22.1. The van der Waals surface area contributed by atoms with E-state index >= 15 is 0 Å².